The van der Waals surface area contributed by atoms with Gasteiger partial charge in [0.1, 0.15) is 17.3 Å². The normalized spacial score (nSPS) is 21.2. The van der Waals surface area contributed by atoms with Gasteiger partial charge in [0.2, 0.25) is 0 Å². The van der Waals surface area contributed by atoms with Gasteiger partial charge in [-0.1, -0.05) is 44.2 Å². The van der Waals surface area contributed by atoms with Crippen molar-refractivity contribution in [3.63, 3.8) is 0 Å². The van der Waals surface area contributed by atoms with Crippen molar-refractivity contribution in [1.82, 2.24) is 0 Å². The van der Waals surface area contributed by atoms with Crippen LogP contribution in [0.1, 0.15) is 43.7 Å². The first-order chi connectivity index (χ1) is 12.0. The van der Waals surface area contributed by atoms with Crippen molar-refractivity contribution in [2.24, 2.45) is 5.41 Å². The molecule has 2 aromatic carbocycles. The smallest absolute Gasteiger partial charge is 0.163 e. The van der Waals surface area contributed by atoms with E-state index in [4.69, 9.17) is 9.47 Å². The number of hydrogen-bond acceptors (Lipinski definition) is 3. The first-order valence-electron chi connectivity index (χ1n) is 8.65. The Kier molecular flexibility index (Phi) is 3.68. The van der Waals surface area contributed by atoms with Crippen molar-refractivity contribution < 1.29 is 14.3 Å². The lowest BCUT2D eigenvalue weighted by Gasteiger charge is -2.38. The molecule has 0 N–H and O–H groups in total. The molecule has 1 aliphatic carbocycles. The minimum Gasteiger partial charge on any atom is -0.497 e. The molecule has 4 rings (SSSR count). The summed E-state index contributed by atoms with van der Waals surface area (Å²) >= 11 is 0. The predicted molar refractivity (Wildman–Crippen MR) is 97.0 cm³/mol. The molecule has 2 aliphatic rings. The quantitative estimate of drug-likeness (QED) is 0.786. The summed E-state index contributed by atoms with van der Waals surface area (Å²) in [6.45, 7) is 4.25. The van der Waals surface area contributed by atoms with Crippen LogP contribution in [0, 0.1) is 5.41 Å². The van der Waals surface area contributed by atoms with E-state index in [2.05, 4.69) is 19.9 Å². The monoisotopic (exact) mass is 334 g/mol. The van der Waals surface area contributed by atoms with Gasteiger partial charge in [-0.2, -0.15) is 0 Å². The molecule has 0 spiro atoms. The molecule has 0 radical (unpaired) electrons. The van der Waals surface area contributed by atoms with Gasteiger partial charge in [-0.15, -0.1) is 0 Å². The molecule has 0 amide bonds. The van der Waals surface area contributed by atoms with Crippen molar-refractivity contribution >= 4 is 5.78 Å². The van der Waals surface area contributed by atoms with Crippen LogP contribution in [0.15, 0.2) is 59.9 Å². The van der Waals surface area contributed by atoms with E-state index in [0.717, 1.165) is 40.4 Å². The van der Waals surface area contributed by atoms with E-state index in [1.807, 2.05) is 42.5 Å². The Hall–Kier alpha value is -2.55. The lowest BCUT2D eigenvalue weighted by atomic mass is 9.70. The van der Waals surface area contributed by atoms with Crippen molar-refractivity contribution in [3.05, 3.63) is 71.0 Å². The number of fused-ring (bicyclic) bond motifs is 1. The summed E-state index contributed by atoms with van der Waals surface area (Å²) < 4.78 is 11.5. The Labute approximate surface area is 148 Å². The zero-order valence-electron chi connectivity index (χ0n) is 14.8. The van der Waals surface area contributed by atoms with Crippen LogP contribution < -0.4 is 9.47 Å². The van der Waals surface area contributed by atoms with Gasteiger partial charge < -0.3 is 9.47 Å². The molecule has 128 valence electrons. The van der Waals surface area contributed by atoms with Gasteiger partial charge in [0, 0.05) is 29.9 Å². The Bertz CT molecular complexity index is 859. The van der Waals surface area contributed by atoms with Crippen LogP contribution >= 0.6 is 0 Å². The number of carbonyl (C=O) groups excluding carboxylic acids is 1. The third-order valence-corrected chi connectivity index (χ3v) is 5.08. The fourth-order valence-corrected chi connectivity index (χ4v) is 3.93. The van der Waals surface area contributed by atoms with Crippen molar-refractivity contribution in [1.29, 1.82) is 0 Å². The summed E-state index contributed by atoms with van der Waals surface area (Å²) in [5, 5.41) is 0. The van der Waals surface area contributed by atoms with Crippen molar-refractivity contribution in [3.8, 4) is 11.5 Å². The highest BCUT2D eigenvalue weighted by molar-refractivity contribution is 6.00. The first-order valence-corrected chi connectivity index (χ1v) is 8.65. The molecule has 0 saturated carbocycles. The molecule has 3 nitrogen and oxygen atoms in total. The Morgan fingerprint density at radius 3 is 2.48 bits per heavy atom. The lowest BCUT2D eigenvalue weighted by Crippen LogP contribution is -2.32. The average molecular weight is 334 g/mol. The second-order valence-electron chi connectivity index (χ2n) is 7.62. The molecule has 1 heterocycles. The van der Waals surface area contributed by atoms with E-state index in [-0.39, 0.29) is 17.1 Å². The lowest BCUT2D eigenvalue weighted by molar-refractivity contribution is -0.118. The summed E-state index contributed by atoms with van der Waals surface area (Å²) in [4.78, 5) is 13.0. The average Bonchev–Trinajstić information content (AvgIpc) is 2.59. The van der Waals surface area contributed by atoms with E-state index in [0.29, 0.717) is 6.42 Å². The number of ether oxygens (including phenoxy) is 2. The largest absolute Gasteiger partial charge is 0.497 e. The van der Waals surface area contributed by atoms with Crippen LogP contribution in [-0.4, -0.2) is 12.9 Å². The number of allylic oxidation sites excluding steroid dienone is 2. The van der Waals surface area contributed by atoms with Crippen LogP contribution in [0.25, 0.3) is 0 Å². The number of carbonyl (C=O) groups is 1. The zero-order valence-corrected chi connectivity index (χ0v) is 14.8. The van der Waals surface area contributed by atoms with Gasteiger partial charge in [-0.05, 0) is 29.2 Å². The predicted octanol–water partition coefficient (Wildman–Crippen LogP) is 4.86. The van der Waals surface area contributed by atoms with Gasteiger partial charge in [0.05, 0.1) is 7.11 Å². The minimum atomic E-state index is -0.0746. The molecule has 3 heteroatoms. The van der Waals surface area contributed by atoms with Gasteiger partial charge in [-0.3, -0.25) is 4.79 Å². The third-order valence-electron chi connectivity index (χ3n) is 5.08. The highest BCUT2D eigenvalue weighted by atomic mass is 16.5. The maximum atomic E-state index is 13.0. The summed E-state index contributed by atoms with van der Waals surface area (Å²) in [5.41, 5.74) is 2.91. The molecule has 1 atom stereocenters. The van der Waals surface area contributed by atoms with Crippen LogP contribution in [-0.2, 0) is 4.79 Å². The van der Waals surface area contributed by atoms with Gasteiger partial charge in [0.15, 0.2) is 5.78 Å². The highest BCUT2D eigenvalue weighted by Crippen LogP contribution is 2.49. The van der Waals surface area contributed by atoms with Gasteiger partial charge >= 0.3 is 0 Å². The standard InChI is InChI=1S/C22H22O3/c1-22(2)12-17(23)21-19(13-22)25-18-7-5-4-6-16(18)20(21)14-8-10-15(24-3)11-9-14/h4-11,20H,12-13H2,1-3H3/t20-/m0/s1. The molecule has 0 bridgehead atoms. The minimum absolute atomic E-state index is 0.0628. The topological polar surface area (TPSA) is 35.5 Å². The SMILES string of the molecule is COc1ccc([C@@H]2C3=C(CC(C)(C)CC3=O)Oc3ccccc32)cc1. The van der Waals surface area contributed by atoms with Crippen LogP contribution in [0.3, 0.4) is 0 Å². The molecular formula is C22H22O3. The van der Waals surface area contributed by atoms with Gasteiger partial charge in [-0.25, -0.2) is 0 Å². The van der Waals surface area contributed by atoms with Crippen LogP contribution in [0.4, 0.5) is 0 Å². The molecule has 25 heavy (non-hydrogen) atoms. The first kappa shape index (κ1) is 15.9. The molecule has 1 aliphatic heterocycles. The number of Topliss-reactive ketones (excluding diaryl/α,β-unsaturated/α-hetero) is 1. The van der Waals surface area contributed by atoms with E-state index in [1.54, 1.807) is 7.11 Å². The van der Waals surface area contributed by atoms with Crippen LogP contribution in [0.2, 0.25) is 0 Å². The maximum Gasteiger partial charge on any atom is 0.163 e. The number of hydrogen-bond donors (Lipinski definition) is 0. The maximum absolute atomic E-state index is 13.0. The molecule has 0 aromatic heterocycles. The summed E-state index contributed by atoms with van der Waals surface area (Å²) in [7, 11) is 1.66. The molecule has 0 saturated heterocycles. The summed E-state index contributed by atoms with van der Waals surface area (Å²) in [6.07, 6.45) is 1.35. The van der Waals surface area contributed by atoms with Gasteiger partial charge in [0.25, 0.3) is 0 Å². The summed E-state index contributed by atoms with van der Waals surface area (Å²) in [5.74, 6) is 2.62. The fraction of sp³-hybridized carbons (Fsp3) is 0.318. The Morgan fingerprint density at radius 1 is 1.04 bits per heavy atom. The zero-order chi connectivity index (χ0) is 17.6. The third kappa shape index (κ3) is 2.74. The number of rotatable bonds is 2. The molecule has 2 aromatic rings. The van der Waals surface area contributed by atoms with Crippen LogP contribution in [0.5, 0.6) is 11.5 Å². The van der Waals surface area contributed by atoms with E-state index in [1.165, 1.54) is 0 Å². The molecule has 0 unspecified atom stereocenters. The van der Waals surface area contributed by atoms with Crippen molar-refractivity contribution in [2.45, 2.75) is 32.6 Å². The van der Waals surface area contributed by atoms with Crippen molar-refractivity contribution in [2.75, 3.05) is 7.11 Å². The highest BCUT2D eigenvalue weighted by Gasteiger charge is 2.41. The molecule has 0 fully saturated rings. The van der Waals surface area contributed by atoms with E-state index in [9.17, 15) is 4.79 Å². The fourth-order valence-electron chi connectivity index (χ4n) is 3.93. The Balaban J connectivity index is 1.88. The second kappa shape index (κ2) is 5.76. The number of benzene rings is 2. The molecular weight excluding hydrogens is 312 g/mol. The number of methoxy groups -OCH3 is 1. The summed E-state index contributed by atoms with van der Waals surface area (Å²) in [6, 6.07) is 16.0. The number of para-hydroxylation sites is 1. The van der Waals surface area contributed by atoms with E-state index < -0.39 is 0 Å². The van der Waals surface area contributed by atoms with E-state index >= 15 is 0 Å². The number of ketones is 1. The second-order valence-corrected chi connectivity index (χ2v) is 7.62. The Morgan fingerprint density at radius 2 is 1.76 bits per heavy atom.